The number of fused-ring (bicyclic) bond motifs is 1. The summed E-state index contributed by atoms with van der Waals surface area (Å²) in [7, 11) is 0. The number of nitrogens with zero attached hydrogens (tertiary/aromatic N) is 4. The Morgan fingerprint density at radius 1 is 1.67 bits per heavy atom. The molecule has 0 saturated heterocycles. The Bertz CT molecular complexity index is 353. The molecular formula is C6H7N5O. The summed E-state index contributed by atoms with van der Waals surface area (Å²) in [5.41, 5.74) is 0.459. The summed E-state index contributed by atoms with van der Waals surface area (Å²) in [5, 5.41) is 14.2. The van der Waals surface area contributed by atoms with E-state index in [-0.39, 0.29) is 12.3 Å². The van der Waals surface area contributed by atoms with Gasteiger partial charge in [-0.15, -0.1) is 10.2 Å². The molecule has 0 fully saturated rings. The molecule has 2 heterocycles. The van der Waals surface area contributed by atoms with Gasteiger partial charge in [0.05, 0.1) is 6.54 Å². The zero-order valence-electron chi connectivity index (χ0n) is 6.48. The van der Waals surface area contributed by atoms with Gasteiger partial charge in [0, 0.05) is 0 Å². The second-order valence-electron chi connectivity index (χ2n) is 2.46. The molecule has 12 heavy (non-hydrogen) atoms. The zero-order valence-corrected chi connectivity index (χ0v) is 6.48. The molecule has 62 valence electrons. The molecule has 1 N–H and O–H groups in total. The molecule has 0 bridgehead atoms. The quantitative estimate of drug-likeness (QED) is 0.562. The van der Waals surface area contributed by atoms with Crippen molar-refractivity contribution in [2.24, 2.45) is 5.10 Å². The fourth-order valence-electron chi connectivity index (χ4n) is 0.924. The molecule has 1 aliphatic heterocycles. The van der Waals surface area contributed by atoms with Crippen LogP contribution in [0.25, 0.3) is 0 Å². The van der Waals surface area contributed by atoms with Gasteiger partial charge >= 0.3 is 0 Å². The number of carbonyl (C=O) groups excluding carboxylic acids is 1. The Balaban J connectivity index is 2.48. The van der Waals surface area contributed by atoms with Crippen LogP contribution in [0.1, 0.15) is 6.92 Å². The number of Topliss-reactive ketones (excluding diaryl/α,β-unsaturated/α-hetero) is 1. The molecule has 0 unspecified atom stereocenters. The van der Waals surface area contributed by atoms with Gasteiger partial charge < -0.3 is 5.32 Å². The lowest BCUT2D eigenvalue weighted by Gasteiger charge is -1.95. The third-order valence-electron chi connectivity index (χ3n) is 1.60. The van der Waals surface area contributed by atoms with Gasteiger partial charge in [-0.05, 0) is 6.92 Å². The summed E-state index contributed by atoms with van der Waals surface area (Å²) in [6.07, 6.45) is 1.45. The summed E-state index contributed by atoms with van der Waals surface area (Å²) < 4.78 is 1.44. The van der Waals surface area contributed by atoms with E-state index in [1.807, 2.05) is 0 Å². The lowest BCUT2D eigenvalue weighted by molar-refractivity contribution is -0.111. The molecule has 1 aromatic heterocycles. The molecule has 0 spiro atoms. The first-order valence-corrected chi connectivity index (χ1v) is 3.50. The van der Waals surface area contributed by atoms with Crippen LogP contribution in [-0.2, 0) is 4.79 Å². The molecule has 2 rings (SSSR count). The summed E-state index contributed by atoms with van der Waals surface area (Å²) >= 11 is 0. The van der Waals surface area contributed by atoms with Gasteiger partial charge in [0.25, 0.3) is 0 Å². The molecule has 0 saturated carbocycles. The minimum atomic E-state index is -0.0273. The second kappa shape index (κ2) is 2.40. The van der Waals surface area contributed by atoms with Crippen LogP contribution < -0.4 is 5.32 Å². The van der Waals surface area contributed by atoms with E-state index in [0.29, 0.717) is 11.7 Å². The van der Waals surface area contributed by atoms with Crippen molar-refractivity contribution >= 4 is 17.4 Å². The monoisotopic (exact) mass is 165 g/mol. The Kier molecular flexibility index (Phi) is 1.39. The first kappa shape index (κ1) is 6.96. The fourth-order valence-corrected chi connectivity index (χ4v) is 0.924. The lowest BCUT2D eigenvalue weighted by Crippen LogP contribution is -2.18. The summed E-state index contributed by atoms with van der Waals surface area (Å²) in [4.78, 5) is 11.1. The highest BCUT2D eigenvalue weighted by Gasteiger charge is 2.13. The predicted molar refractivity (Wildman–Crippen MR) is 42.0 cm³/mol. The van der Waals surface area contributed by atoms with Crippen LogP contribution in [0.3, 0.4) is 0 Å². The van der Waals surface area contributed by atoms with E-state index in [1.54, 1.807) is 6.92 Å². The van der Waals surface area contributed by atoms with Crippen LogP contribution in [-0.4, -0.2) is 32.9 Å². The minimum Gasteiger partial charge on any atom is -0.345 e. The van der Waals surface area contributed by atoms with Gasteiger partial charge in [-0.1, -0.05) is 0 Å². The predicted octanol–water partition coefficient (Wildman–Crippen LogP) is -0.503. The van der Waals surface area contributed by atoms with Crippen LogP contribution in [0.2, 0.25) is 0 Å². The standard InChI is InChI=1S/C6H7N5O/c1-4-5(12)2-7-6-9-8-3-11(6)10-4/h3H,2H2,1H3,(H,7,9). The number of anilines is 1. The van der Waals surface area contributed by atoms with E-state index in [0.717, 1.165) is 0 Å². The Morgan fingerprint density at radius 2 is 2.50 bits per heavy atom. The average Bonchev–Trinajstić information content (AvgIpc) is 2.43. The Hall–Kier alpha value is -1.72. The number of carbonyl (C=O) groups is 1. The summed E-state index contributed by atoms with van der Waals surface area (Å²) in [6, 6.07) is 0. The summed E-state index contributed by atoms with van der Waals surface area (Å²) in [5.74, 6) is 0.473. The van der Waals surface area contributed by atoms with Gasteiger partial charge in [0.15, 0.2) is 5.78 Å². The number of aromatic nitrogens is 3. The van der Waals surface area contributed by atoms with Crippen molar-refractivity contribution in [1.82, 2.24) is 14.9 Å². The third-order valence-corrected chi connectivity index (χ3v) is 1.60. The topological polar surface area (TPSA) is 72.2 Å². The van der Waals surface area contributed by atoms with E-state index in [1.165, 1.54) is 11.0 Å². The molecule has 1 aromatic rings. The maximum absolute atomic E-state index is 11.1. The molecule has 1 aliphatic rings. The average molecular weight is 165 g/mol. The number of hydrogen-bond acceptors (Lipinski definition) is 5. The van der Waals surface area contributed by atoms with Crippen molar-refractivity contribution in [2.75, 3.05) is 11.9 Å². The number of ketones is 1. The van der Waals surface area contributed by atoms with Crippen molar-refractivity contribution in [2.45, 2.75) is 6.92 Å². The molecule has 6 nitrogen and oxygen atoms in total. The molecule has 0 amide bonds. The van der Waals surface area contributed by atoms with Gasteiger partial charge in [-0.2, -0.15) is 9.78 Å². The van der Waals surface area contributed by atoms with Crippen LogP contribution >= 0.6 is 0 Å². The maximum atomic E-state index is 11.1. The highest BCUT2D eigenvalue weighted by Crippen LogP contribution is 2.04. The van der Waals surface area contributed by atoms with Crippen molar-refractivity contribution in [3.05, 3.63) is 6.33 Å². The normalized spacial score (nSPS) is 16.1. The van der Waals surface area contributed by atoms with E-state index in [2.05, 4.69) is 20.6 Å². The smallest absolute Gasteiger partial charge is 0.245 e. The van der Waals surface area contributed by atoms with E-state index >= 15 is 0 Å². The minimum absolute atomic E-state index is 0.0273. The van der Waals surface area contributed by atoms with E-state index < -0.39 is 0 Å². The highest BCUT2D eigenvalue weighted by molar-refractivity contribution is 6.40. The van der Waals surface area contributed by atoms with E-state index in [4.69, 9.17) is 0 Å². The molecule has 0 aromatic carbocycles. The van der Waals surface area contributed by atoms with Gasteiger partial charge in [0.2, 0.25) is 5.95 Å². The third kappa shape index (κ3) is 0.969. The molecule has 0 aliphatic carbocycles. The molecule has 0 atom stereocenters. The molecular weight excluding hydrogens is 158 g/mol. The number of nitrogens with one attached hydrogen (secondary N) is 1. The van der Waals surface area contributed by atoms with Crippen LogP contribution in [0, 0.1) is 0 Å². The maximum Gasteiger partial charge on any atom is 0.245 e. The number of hydrogen-bond donors (Lipinski definition) is 1. The second-order valence-corrected chi connectivity index (χ2v) is 2.46. The van der Waals surface area contributed by atoms with Gasteiger partial charge in [-0.25, -0.2) is 0 Å². The van der Waals surface area contributed by atoms with Crippen LogP contribution in [0.4, 0.5) is 5.95 Å². The molecule has 6 heteroatoms. The van der Waals surface area contributed by atoms with Crippen molar-refractivity contribution in [1.29, 1.82) is 0 Å². The van der Waals surface area contributed by atoms with Crippen LogP contribution in [0.5, 0.6) is 0 Å². The SMILES string of the molecule is CC1=Nn2cnnc2NCC1=O. The Labute approximate surface area is 68.3 Å². The van der Waals surface area contributed by atoms with Gasteiger partial charge in [0.1, 0.15) is 12.0 Å². The van der Waals surface area contributed by atoms with Crippen molar-refractivity contribution in [3.63, 3.8) is 0 Å². The first-order chi connectivity index (χ1) is 5.77. The fraction of sp³-hybridized carbons (Fsp3) is 0.333. The van der Waals surface area contributed by atoms with Crippen molar-refractivity contribution in [3.8, 4) is 0 Å². The largest absolute Gasteiger partial charge is 0.345 e. The van der Waals surface area contributed by atoms with Crippen LogP contribution in [0.15, 0.2) is 11.4 Å². The van der Waals surface area contributed by atoms with Crippen molar-refractivity contribution < 1.29 is 4.79 Å². The lowest BCUT2D eigenvalue weighted by atomic mass is 10.3. The van der Waals surface area contributed by atoms with Gasteiger partial charge in [-0.3, -0.25) is 4.79 Å². The number of rotatable bonds is 0. The Morgan fingerprint density at radius 3 is 3.33 bits per heavy atom. The first-order valence-electron chi connectivity index (χ1n) is 3.50. The molecule has 0 radical (unpaired) electrons. The zero-order chi connectivity index (χ0) is 8.55. The van der Waals surface area contributed by atoms with E-state index in [9.17, 15) is 4.79 Å². The summed E-state index contributed by atoms with van der Waals surface area (Å²) in [6.45, 7) is 1.90. The highest BCUT2D eigenvalue weighted by atomic mass is 16.1.